The van der Waals surface area contributed by atoms with Gasteiger partial charge in [0.2, 0.25) is 0 Å². The molecule has 6 heteroatoms. The van der Waals surface area contributed by atoms with Crippen LogP contribution >= 0.6 is 0 Å². The third-order valence-corrected chi connectivity index (χ3v) is 11.8. The molecule has 0 radical (unpaired) electrons. The van der Waals surface area contributed by atoms with Gasteiger partial charge in [0.25, 0.3) is 0 Å². The molecule has 0 aromatic rings. The monoisotopic (exact) mass is 821 g/mol. The zero-order chi connectivity index (χ0) is 42.4. The summed E-state index contributed by atoms with van der Waals surface area (Å²) in [5.41, 5.74) is 0. The molecular weight excluding hydrogens is 721 g/mol. The van der Waals surface area contributed by atoms with E-state index in [0.717, 1.165) is 63.7 Å². The number of unbranched alkanes of at least 4 members (excludes halogenated alkanes) is 34. The summed E-state index contributed by atoms with van der Waals surface area (Å²) < 4.78 is 16.8. The molecule has 0 unspecified atom stereocenters. The molecule has 0 N–H and O–H groups in total. The molecule has 344 valence electrons. The Morgan fingerprint density at radius 2 is 0.569 bits per heavy atom. The lowest BCUT2D eigenvalue weighted by Gasteiger charge is -2.18. The topological polar surface area (TPSA) is 78.9 Å². The van der Waals surface area contributed by atoms with Crippen LogP contribution in [0.5, 0.6) is 0 Å². The van der Waals surface area contributed by atoms with Crippen LogP contribution in [0.4, 0.5) is 0 Å². The summed E-state index contributed by atoms with van der Waals surface area (Å²) in [7, 11) is 0. The van der Waals surface area contributed by atoms with Crippen molar-refractivity contribution in [1.29, 1.82) is 0 Å². The number of hydrogen-bond acceptors (Lipinski definition) is 6. The molecule has 1 atom stereocenters. The zero-order valence-electron chi connectivity index (χ0n) is 39.5. The number of carbonyl (C=O) groups excluding carboxylic acids is 3. The van der Waals surface area contributed by atoms with E-state index in [1.807, 2.05) is 0 Å². The summed E-state index contributed by atoms with van der Waals surface area (Å²) in [5.74, 6) is -0.0226. The summed E-state index contributed by atoms with van der Waals surface area (Å²) in [6.45, 7) is 9.01. The van der Waals surface area contributed by atoms with Crippen LogP contribution in [0.2, 0.25) is 0 Å². The maximum atomic E-state index is 12.8. The quantitative estimate of drug-likeness (QED) is 0.0346. The molecule has 0 saturated carbocycles. The molecule has 0 aliphatic rings. The fraction of sp³-hybridized carbons (Fsp3) is 0.942. The number of ether oxygens (including phenoxy) is 3. The van der Waals surface area contributed by atoms with Gasteiger partial charge >= 0.3 is 17.9 Å². The van der Waals surface area contributed by atoms with Crippen molar-refractivity contribution >= 4 is 17.9 Å². The lowest BCUT2D eigenvalue weighted by atomic mass is 10.0. The van der Waals surface area contributed by atoms with Crippen LogP contribution in [0, 0.1) is 5.92 Å². The average molecular weight is 821 g/mol. The highest BCUT2D eigenvalue weighted by molar-refractivity contribution is 5.71. The fourth-order valence-corrected chi connectivity index (χ4v) is 7.86. The van der Waals surface area contributed by atoms with E-state index in [2.05, 4.69) is 27.7 Å². The third-order valence-electron chi connectivity index (χ3n) is 11.8. The Balaban J connectivity index is 4.25. The molecule has 58 heavy (non-hydrogen) atoms. The second kappa shape index (κ2) is 46.5. The van der Waals surface area contributed by atoms with E-state index in [1.165, 1.54) is 186 Å². The van der Waals surface area contributed by atoms with Gasteiger partial charge in [-0.3, -0.25) is 14.4 Å². The Kier molecular flexibility index (Phi) is 45.2. The van der Waals surface area contributed by atoms with Crippen molar-refractivity contribution in [1.82, 2.24) is 0 Å². The minimum atomic E-state index is -0.760. The fourth-order valence-electron chi connectivity index (χ4n) is 7.86. The Hall–Kier alpha value is -1.59. The van der Waals surface area contributed by atoms with Gasteiger partial charge in [0, 0.05) is 19.3 Å². The van der Waals surface area contributed by atoms with E-state index in [-0.39, 0.29) is 31.1 Å². The maximum absolute atomic E-state index is 12.8. The number of carbonyl (C=O) groups is 3. The van der Waals surface area contributed by atoms with Crippen LogP contribution in [0.25, 0.3) is 0 Å². The van der Waals surface area contributed by atoms with E-state index >= 15 is 0 Å². The predicted octanol–water partition coefficient (Wildman–Crippen LogP) is 16.7. The number of esters is 3. The van der Waals surface area contributed by atoms with Gasteiger partial charge in [0.15, 0.2) is 6.10 Å². The Bertz CT molecular complexity index is 872. The van der Waals surface area contributed by atoms with E-state index in [9.17, 15) is 14.4 Å². The molecule has 0 aromatic heterocycles. The molecule has 0 bridgehead atoms. The lowest BCUT2D eigenvalue weighted by Crippen LogP contribution is -2.30. The second-order valence-electron chi connectivity index (χ2n) is 18.3. The predicted molar refractivity (Wildman–Crippen MR) is 247 cm³/mol. The minimum absolute atomic E-state index is 0.0629. The van der Waals surface area contributed by atoms with Gasteiger partial charge in [-0.05, 0) is 25.2 Å². The number of rotatable bonds is 47. The first-order chi connectivity index (χ1) is 28.4. The summed E-state index contributed by atoms with van der Waals surface area (Å²) in [6, 6.07) is 0. The molecular formula is C52H100O6. The van der Waals surface area contributed by atoms with Gasteiger partial charge < -0.3 is 14.2 Å². The van der Waals surface area contributed by atoms with Crippen LogP contribution in [0.15, 0.2) is 0 Å². The lowest BCUT2D eigenvalue weighted by molar-refractivity contribution is -0.167. The second-order valence-corrected chi connectivity index (χ2v) is 18.3. The molecule has 0 heterocycles. The average Bonchev–Trinajstić information content (AvgIpc) is 3.21. The molecule has 0 aliphatic heterocycles. The SMILES string of the molecule is CCCCCCCCCCCCCCCCCCCC(=O)OC[C@H](COC(=O)CCCCCCCCCCC)OC(=O)CCCCCCCCCCCCCC(C)C. The van der Waals surface area contributed by atoms with Crippen molar-refractivity contribution in [2.24, 2.45) is 5.92 Å². The Morgan fingerprint density at radius 3 is 0.845 bits per heavy atom. The standard InChI is InChI=1S/C52H100O6/c1-5-7-9-11-13-15-16-17-18-19-20-21-24-28-32-36-40-44-51(54)57-47-49(46-56-50(53)43-39-35-31-26-14-12-10-8-6-2)58-52(55)45-41-37-33-29-25-22-23-27-30-34-38-42-48(3)4/h48-49H,5-47H2,1-4H3/t49-/m0/s1. The van der Waals surface area contributed by atoms with E-state index in [1.54, 1.807) is 0 Å². The first kappa shape index (κ1) is 56.4. The minimum Gasteiger partial charge on any atom is -0.462 e. The van der Waals surface area contributed by atoms with Gasteiger partial charge in [-0.15, -0.1) is 0 Å². The zero-order valence-corrected chi connectivity index (χ0v) is 39.5. The van der Waals surface area contributed by atoms with Crippen LogP contribution in [0.3, 0.4) is 0 Å². The Morgan fingerprint density at radius 1 is 0.328 bits per heavy atom. The third kappa shape index (κ3) is 45.5. The summed E-state index contributed by atoms with van der Waals surface area (Å²) in [4.78, 5) is 37.9. The van der Waals surface area contributed by atoms with Crippen molar-refractivity contribution in [2.45, 2.75) is 297 Å². The van der Waals surface area contributed by atoms with Gasteiger partial charge in [-0.25, -0.2) is 0 Å². The highest BCUT2D eigenvalue weighted by Gasteiger charge is 2.19. The molecule has 0 spiro atoms. The van der Waals surface area contributed by atoms with Crippen molar-refractivity contribution in [3.63, 3.8) is 0 Å². The van der Waals surface area contributed by atoms with Crippen molar-refractivity contribution < 1.29 is 28.6 Å². The first-order valence-corrected chi connectivity index (χ1v) is 25.9. The molecule has 0 amide bonds. The van der Waals surface area contributed by atoms with Crippen molar-refractivity contribution in [3.05, 3.63) is 0 Å². The van der Waals surface area contributed by atoms with E-state index in [0.29, 0.717) is 19.3 Å². The largest absolute Gasteiger partial charge is 0.462 e. The molecule has 0 rings (SSSR count). The molecule has 0 saturated heterocycles. The summed E-state index contributed by atoms with van der Waals surface area (Å²) in [5, 5.41) is 0. The molecule has 6 nitrogen and oxygen atoms in total. The van der Waals surface area contributed by atoms with Crippen LogP contribution in [-0.2, 0) is 28.6 Å². The van der Waals surface area contributed by atoms with Gasteiger partial charge in [-0.1, -0.05) is 252 Å². The van der Waals surface area contributed by atoms with Crippen molar-refractivity contribution in [3.8, 4) is 0 Å². The van der Waals surface area contributed by atoms with E-state index < -0.39 is 6.10 Å². The molecule has 0 aromatic carbocycles. The molecule has 0 fully saturated rings. The Labute approximate surface area is 361 Å². The van der Waals surface area contributed by atoms with E-state index in [4.69, 9.17) is 14.2 Å². The van der Waals surface area contributed by atoms with Gasteiger partial charge in [0.1, 0.15) is 13.2 Å². The van der Waals surface area contributed by atoms with Gasteiger partial charge in [0.05, 0.1) is 0 Å². The van der Waals surface area contributed by atoms with Crippen LogP contribution in [0.1, 0.15) is 291 Å². The first-order valence-electron chi connectivity index (χ1n) is 25.9. The maximum Gasteiger partial charge on any atom is 0.306 e. The van der Waals surface area contributed by atoms with Crippen LogP contribution < -0.4 is 0 Å². The highest BCUT2D eigenvalue weighted by atomic mass is 16.6. The summed E-state index contributed by atoms with van der Waals surface area (Å²) >= 11 is 0. The summed E-state index contributed by atoms with van der Waals surface area (Å²) in [6.07, 6.45) is 48.1. The smallest absolute Gasteiger partial charge is 0.306 e. The van der Waals surface area contributed by atoms with Crippen LogP contribution in [-0.4, -0.2) is 37.2 Å². The number of hydrogen-bond donors (Lipinski definition) is 0. The van der Waals surface area contributed by atoms with Crippen molar-refractivity contribution in [2.75, 3.05) is 13.2 Å². The van der Waals surface area contributed by atoms with Gasteiger partial charge in [-0.2, -0.15) is 0 Å². The highest BCUT2D eigenvalue weighted by Crippen LogP contribution is 2.17. The molecule has 0 aliphatic carbocycles. The normalized spacial score (nSPS) is 11.9.